The number of nitrogens with zero attached hydrogens (tertiary/aromatic N) is 2. The van der Waals surface area contributed by atoms with Gasteiger partial charge in [-0.05, 0) is 63.1 Å². The molecule has 2 aliphatic rings. The highest BCUT2D eigenvalue weighted by molar-refractivity contribution is 7.90. The molecular weight excluding hydrogens is 410 g/mol. The number of amidine groups is 1. The van der Waals surface area contributed by atoms with Gasteiger partial charge in [0.25, 0.3) is 10.0 Å². The SMILES string of the molecule is C[C@@H]1CCC[C@H](C)N1S(=O)(=O)c1ccc(NC2=NS(=O)(=O)c3ccccc32)cc1. The van der Waals surface area contributed by atoms with Crippen molar-refractivity contribution in [3.63, 3.8) is 0 Å². The van der Waals surface area contributed by atoms with Crippen molar-refractivity contribution in [1.29, 1.82) is 0 Å². The molecule has 2 aliphatic heterocycles. The van der Waals surface area contributed by atoms with E-state index in [9.17, 15) is 16.8 Å². The lowest BCUT2D eigenvalue weighted by Crippen LogP contribution is -2.47. The molecule has 2 atom stereocenters. The molecule has 4 rings (SSSR count). The van der Waals surface area contributed by atoms with Gasteiger partial charge in [-0.3, -0.25) is 0 Å². The van der Waals surface area contributed by atoms with Crippen LogP contribution in [0.25, 0.3) is 0 Å². The second-order valence-electron chi connectivity index (χ2n) is 7.52. The van der Waals surface area contributed by atoms with Crippen molar-refractivity contribution in [2.75, 3.05) is 5.32 Å². The highest BCUT2D eigenvalue weighted by Crippen LogP contribution is 2.31. The fraction of sp³-hybridized carbons (Fsp3) is 0.350. The zero-order valence-corrected chi connectivity index (χ0v) is 17.9. The van der Waals surface area contributed by atoms with Crippen LogP contribution in [0.5, 0.6) is 0 Å². The van der Waals surface area contributed by atoms with E-state index in [0.717, 1.165) is 19.3 Å². The van der Waals surface area contributed by atoms with E-state index in [1.54, 1.807) is 46.8 Å². The van der Waals surface area contributed by atoms with Crippen molar-refractivity contribution >= 4 is 31.6 Å². The minimum Gasteiger partial charge on any atom is -0.339 e. The minimum atomic E-state index is -3.71. The van der Waals surface area contributed by atoms with Gasteiger partial charge in [-0.15, -0.1) is 4.40 Å². The molecule has 9 heteroatoms. The van der Waals surface area contributed by atoms with Crippen molar-refractivity contribution < 1.29 is 16.8 Å². The van der Waals surface area contributed by atoms with Gasteiger partial charge in [0.05, 0.1) is 4.90 Å². The Morgan fingerprint density at radius 2 is 1.62 bits per heavy atom. The van der Waals surface area contributed by atoms with Crippen molar-refractivity contribution in [2.24, 2.45) is 4.40 Å². The van der Waals surface area contributed by atoms with Gasteiger partial charge < -0.3 is 5.32 Å². The first kappa shape index (κ1) is 20.1. The minimum absolute atomic E-state index is 0.0314. The van der Waals surface area contributed by atoms with E-state index in [-0.39, 0.29) is 27.7 Å². The van der Waals surface area contributed by atoms with E-state index in [1.807, 2.05) is 13.8 Å². The van der Waals surface area contributed by atoms with Crippen LogP contribution in [0.15, 0.2) is 62.7 Å². The number of benzene rings is 2. The monoisotopic (exact) mass is 433 g/mol. The number of sulfonamides is 2. The number of fused-ring (bicyclic) bond motifs is 1. The smallest absolute Gasteiger partial charge is 0.285 e. The van der Waals surface area contributed by atoms with Crippen LogP contribution in [0, 0.1) is 0 Å². The molecule has 0 bridgehead atoms. The van der Waals surface area contributed by atoms with E-state index in [1.165, 1.54) is 6.07 Å². The predicted molar refractivity (Wildman–Crippen MR) is 112 cm³/mol. The fourth-order valence-corrected chi connectivity index (χ4v) is 7.09. The quantitative estimate of drug-likeness (QED) is 0.802. The summed E-state index contributed by atoms with van der Waals surface area (Å²) in [5.41, 5.74) is 1.06. The summed E-state index contributed by atoms with van der Waals surface area (Å²) in [5, 5.41) is 2.99. The first-order valence-corrected chi connectivity index (χ1v) is 12.4. The molecule has 1 fully saturated rings. The van der Waals surface area contributed by atoms with E-state index in [2.05, 4.69) is 9.71 Å². The third-order valence-electron chi connectivity index (χ3n) is 5.44. The molecule has 2 aromatic rings. The van der Waals surface area contributed by atoms with Crippen LogP contribution < -0.4 is 5.32 Å². The maximum Gasteiger partial charge on any atom is 0.285 e. The molecule has 0 radical (unpaired) electrons. The summed E-state index contributed by atoms with van der Waals surface area (Å²) >= 11 is 0. The van der Waals surface area contributed by atoms with Crippen molar-refractivity contribution in [1.82, 2.24) is 4.31 Å². The lowest BCUT2D eigenvalue weighted by Gasteiger charge is -2.37. The van der Waals surface area contributed by atoms with Crippen molar-refractivity contribution in [3.05, 3.63) is 54.1 Å². The number of anilines is 1. The molecule has 0 saturated carbocycles. The average molecular weight is 434 g/mol. The molecule has 0 aliphatic carbocycles. The molecule has 1 N–H and O–H groups in total. The van der Waals surface area contributed by atoms with Crippen LogP contribution in [0.3, 0.4) is 0 Å². The molecule has 0 amide bonds. The van der Waals surface area contributed by atoms with Gasteiger partial charge in [0.2, 0.25) is 10.0 Å². The van der Waals surface area contributed by atoms with Gasteiger partial charge in [0.1, 0.15) is 4.90 Å². The fourth-order valence-electron chi connectivity index (χ4n) is 4.04. The normalized spacial score (nSPS) is 24.0. The van der Waals surface area contributed by atoms with Crippen molar-refractivity contribution in [2.45, 2.75) is 55.0 Å². The highest BCUT2D eigenvalue weighted by Gasteiger charge is 2.35. The lowest BCUT2D eigenvalue weighted by molar-refractivity contribution is 0.204. The van der Waals surface area contributed by atoms with E-state index >= 15 is 0 Å². The average Bonchev–Trinajstić information content (AvgIpc) is 2.92. The van der Waals surface area contributed by atoms with Gasteiger partial charge in [0, 0.05) is 23.3 Å². The van der Waals surface area contributed by atoms with Crippen LogP contribution >= 0.6 is 0 Å². The maximum absolute atomic E-state index is 13.1. The molecular formula is C20H23N3O4S2. The topological polar surface area (TPSA) is 95.9 Å². The van der Waals surface area contributed by atoms with Crippen LogP contribution in [-0.2, 0) is 20.0 Å². The standard InChI is InChI=1S/C20H23N3O4S2/c1-14-6-5-7-15(2)23(14)29(26,27)17-12-10-16(11-13-17)21-20-18-8-3-4-9-19(18)28(24,25)22-20/h3-4,8-15H,5-7H2,1-2H3,(H,21,22)/t14-,15+. The Bertz CT molecular complexity index is 1160. The predicted octanol–water partition coefficient (Wildman–Crippen LogP) is 3.20. The Kier molecular flexibility index (Phi) is 5.00. The largest absolute Gasteiger partial charge is 0.339 e. The Hall–Kier alpha value is -2.23. The third kappa shape index (κ3) is 3.58. The maximum atomic E-state index is 13.1. The van der Waals surface area contributed by atoms with Crippen LogP contribution in [-0.4, -0.2) is 39.1 Å². The number of hydrogen-bond donors (Lipinski definition) is 1. The van der Waals surface area contributed by atoms with Crippen LogP contribution in [0.4, 0.5) is 5.69 Å². The molecule has 0 aromatic heterocycles. The van der Waals surface area contributed by atoms with Gasteiger partial charge in [-0.2, -0.15) is 12.7 Å². The second kappa shape index (κ2) is 7.23. The highest BCUT2D eigenvalue weighted by atomic mass is 32.2. The summed E-state index contributed by atoms with van der Waals surface area (Å²) in [4.78, 5) is 0.389. The summed E-state index contributed by atoms with van der Waals surface area (Å²) in [7, 11) is -7.30. The molecule has 1 saturated heterocycles. The summed E-state index contributed by atoms with van der Waals surface area (Å²) < 4.78 is 56.0. The first-order chi connectivity index (χ1) is 13.7. The van der Waals surface area contributed by atoms with E-state index < -0.39 is 20.0 Å². The summed E-state index contributed by atoms with van der Waals surface area (Å²) in [5.74, 6) is 0.231. The van der Waals surface area contributed by atoms with Crippen LogP contribution in [0.1, 0.15) is 38.7 Å². The van der Waals surface area contributed by atoms with Gasteiger partial charge in [0.15, 0.2) is 5.84 Å². The Balaban J connectivity index is 1.59. The molecule has 2 aromatic carbocycles. The zero-order chi connectivity index (χ0) is 20.8. The second-order valence-corrected chi connectivity index (χ2v) is 10.9. The molecule has 29 heavy (non-hydrogen) atoms. The first-order valence-electron chi connectivity index (χ1n) is 9.55. The summed E-state index contributed by atoms with van der Waals surface area (Å²) in [6.45, 7) is 3.89. The molecule has 0 spiro atoms. The zero-order valence-electron chi connectivity index (χ0n) is 16.2. The number of piperidine rings is 1. The Labute approximate surface area is 171 Å². The van der Waals surface area contributed by atoms with Gasteiger partial charge in [-0.25, -0.2) is 8.42 Å². The molecule has 0 unspecified atom stereocenters. The number of nitrogens with one attached hydrogen (secondary N) is 1. The molecule has 2 heterocycles. The number of hydrogen-bond acceptors (Lipinski definition) is 5. The summed E-state index contributed by atoms with van der Waals surface area (Å²) in [6, 6.07) is 12.9. The van der Waals surface area contributed by atoms with E-state index in [4.69, 9.17) is 0 Å². The number of rotatable bonds is 3. The molecule has 154 valence electrons. The van der Waals surface area contributed by atoms with Gasteiger partial charge >= 0.3 is 0 Å². The van der Waals surface area contributed by atoms with E-state index in [0.29, 0.717) is 11.3 Å². The molecule has 7 nitrogen and oxygen atoms in total. The third-order valence-corrected chi connectivity index (χ3v) is 8.91. The Morgan fingerprint density at radius 1 is 1.00 bits per heavy atom. The van der Waals surface area contributed by atoms with Crippen LogP contribution in [0.2, 0.25) is 0 Å². The lowest BCUT2D eigenvalue weighted by atomic mass is 10.0. The van der Waals surface area contributed by atoms with Gasteiger partial charge in [-0.1, -0.05) is 18.6 Å². The Morgan fingerprint density at radius 3 is 2.28 bits per heavy atom. The van der Waals surface area contributed by atoms with Crippen molar-refractivity contribution in [3.8, 4) is 0 Å². The summed E-state index contributed by atoms with van der Waals surface area (Å²) in [6.07, 6.45) is 2.75.